The minimum absolute atomic E-state index is 0.113. The van der Waals surface area contributed by atoms with Crippen LogP contribution in [0.4, 0.5) is 5.82 Å². The molecule has 0 aliphatic carbocycles. The van der Waals surface area contributed by atoms with Crippen LogP contribution in [-0.4, -0.2) is 51.0 Å². The molecular weight excluding hydrogens is 266 g/mol. The van der Waals surface area contributed by atoms with Crippen LogP contribution in [0.25, 0.3) is 0 Å². The molecule has 5 nitrogen and oxygen atoms in total. The van der Waals surface area contributed by atoms with E-state index in [0.29, 0.717) is 13.2 Å². The van der Waals surface area contributed by atoms with Crippen LogP contribution in [0, 0.1) is 0 Å². The molecule has 1 rings (SSSR count). The second-order valence-electron chi connectivity index (χ2n) is 6.10. The molecule has 0 bridgehead atoms. The Kier molecular flexibility index (Phi) is 7.64. The van der Waals surface area contributed by atoms with Crippen LogP contribution in [0.1, 0.15) is 26.3 Å². The SMILES string of the molecule is COCCN(CCOC)c1ccc(CNC(C)(C)C)cn1. The monoisotopic (exact) mass is 295 g/mol. The smallest absolute Gasteiger partial charge is 0.128 e. The first-order valence-electron chi connectivity index (χ1n) is 7.39. The number of ether oxygens (including phenoxy) is 2. The van der Waals surface area contributed by atoms with Crippen molar-refractivity contribution in [1.29, 1.82) is 0 Å². The highest BCUT2D eigenvalue weighted by Gasteiger charge is 2.10. The van der Waals surface area contributed by atoms with E-state index in [2.05, 4.69) is 48.1 Å². The van der Waals surface area contributed by atoms with Crippen molar-refractivity contribution >= 4 is 5.82 Å². The Morgan fingerprint density at radius 1 is 1.10 bits per heavy atom. The maximum atomic E-state index is 5.15. The topological polar surface area (TPSA) is 46.6 Å². The molecule has 0 aromatic carbocycles. The van der Waals surface area contributed by atoms with Gasteiger partial charge < -0.3 is 19.7 Å². The second-order valence-corrected chi connectivity index (χ2v) is 6.10. The molecule has 1 heterocycles. The van der Waals surface area contributed by atoms with Crippen molar-refractivity contribution < 1.29 is 9.47 Å². The molecule has 0 amide bonds. The Bertz CT molecular complexity index is 380. The summed E-state index contributed by atoms with van der Waals surface area (Å²) in [5.74, 6) is 0.962. The average molecular weight is 295 g/mol. The number of aromatic nitrogens is 1. The Labute approximate surface area is 128 Å². The number of rotatable bonds is 9. The molecule has 5 heteroatoms. The molecule has 0 aliphatic rings. The normalized spacial score (nSPS) is 11.7. The Morgan fingerprint density at radius 2 is 1.71 bits per heavy atom. The van der Waals surface area contributed by atoms with Gasteiger partial charge in [0.1, 0.15) is 5.82 Å². The largest absolute Gasteiger partial charge is 0.383 e. The van der Waals surface area contributed by atoms with E-state index in [1.165, 1.54) is 5.56 Å². The van der Waals surface area contributed by atoms with Gasteiger partial charge in [-0.15, -0.1) is 0 Å². The molecule has 1 N–H and O–H groups in total. The summed E-state index contributed by atoms with van der Waals surface area (Å²) in [7, 11) is 3.42. The maximum Gasteiger partial charge on any atom is 0.128 e. The Balaban J connectivity index is 2.63. The van der Waals surface area contributed by atoms with Gasteiger partial charge in [-0.2, -0.15) is 0 Å². The van der Waals surface area contributed by atoms with E-state index in [1.54, 1.807) is 14.2 Å². The third-order valence-electron chi connectivity index (χ3n) is 3.09. The van der Waals surface area contributed by atoms with E-state index in [4.69, 9.17) is 9.47 Å². The summed E-state index contributed by atoms with van der Waals surface area (Å²) in [6, 6.07) is 4.18. The van der Waals surface area contributed by atoms with Crippen LogP contribution >= 0.6 is 0 Å². The quantitative estimate of drug-likeness (QED) is 0.755. The second kappa shape index (κ2) is 8.97. The van der Waals surface area contributed by atoms with E-state index in [-0.39, 0.29) is 5.54 Å². The van der Waals surface area contributed by atoms with E-state index < -0.39 is 0 Å². The van der Waals surface area contributed by atoms with Crippen molar-refractivity contribution in [2.24, 2.45) is 0 Å². The minimum atomic E-state index is 0.113. The van der Waals surface area contributed by atoms with Gasteiger partial charge in [0.05, 0.1) is 13.2 Å². The predicted octanol–water partition coefficient (Wildman–Crippen LogP) is 2.07. The molecular formula is C16H29N3O2. The van der Waals surface area contributed by atoms with Gasteiger partial charge in [-0.1, -0.05) is 6.07 Å². The highest BCUT2D eigenvalue weighted by molar-refractivity contribution is 5.39. The summed E-state index contributed by atoms with van der Waals surface area (Å²) in [5, 5.41) is 3.46. The number of pyridine rings is 1. The first-order chi connectivity index (χ1) is 9.96. The third kappa shape index (κ3) is 7.41. The molecule has 0 fully saturated rings. The van der Waals surface area contributed by atoms with Crippen LogP contribution in [0.3, 0.4) is 0 Å². The number of hydrogen-bond donors (Lipinski definition) is 1. The van der Waals surface area contributed by atoms with Gasteiger partial charge in [-0.05, 0) is 32.4 Å². The van der Waals surface area contributed by atoms with Gasteiger partial charge in [0.25, 0.3) is 0 Å². The Morgan fingerprint density at radius 3 is 2.14 bits per heavy atom. The molecule has 0 atom stereocenters. The minimum Gasteiger partial charge on any atom is -0.383 e. The molecule has 0 aliphatic heterocycles. The van der Waals surface area contributed by atoms with Crippen molar-refractivity contribution in [2.75, 3.05) is 45.4 Å². The van der Waals surface area contributed by atoms with Crippen molar-refractivity contribution in [3.8, 4) is 0 Å². The molecule has 0 saturated carbocycles. The zero-order chi connectivity index (χ0) is 15.7. The predicted molar refractivity (Wildman–Crippen MR) is 86.8 cm³/mol. The van der Waals surface area contributed by atoms with E-state index in [1.807, 2.05) is 6.20 Å². The third-order valence-corrected chi connectivity index (χ3v) is 3.09. The molecule has 1 aromatic rings. The number of methoxy groups -OCH3 is 2. The maximum absolute atomic E-state index is 5.15. The summed E-state index contributed by atoms with van der Waals surface area (Å²) in [6.45, 7) is 10.3. The van der Waals surface area contributed by atoms with Crippen LogP contribution in [-0.2, 0) is 16.0 Å². The van der Waals surface area contributed by atoms with Gasteiger partial charge in [0.15, 0.2) is 0 Å². The summed E-state index contributed by atoms with van der Waals surface area (Å²) in [5.41, 5.74) is 1.30. The zero-order valence-electron chi connectivity index (χ0n) is 14.0. The molecule has 120 valence electrons. The zero-order valence-corrected chi connectivity index (χ0v) is 14.0. The van der Waals surface area contributed by atoms with Crippen LogP contribution in [0.15, 0.2) is 18.3 Å². The fourth-order valence-corrected chi connectivity index (χ4v) is 1.82. The van der Waals surface area contributed by atoms with Crippen LogP contribution in [0.2, 0.25) is 0 Å². The summed E-state index contributed by atoms with van der Waals surface area (Å²) < 4.78 is 10.3. The lowest BCUT2D eigenvalue weighted by molar-refractivity contribution is 0.190. The first kappa shape index (κ1) is 17.9. The van der Waals surface area contributed by atoms with E-state index in [9.17, 15) is 0 Å². The van der Waals surface area contributed by atoms with E-state index >= 15 is 0 Å². The van der Waals surface area contributed by atoms with Gasteiger partial charge in [-0.25, -0.2) is 4.98 Å². The van der Waals surface area contributed by atoms with E-state index in [0.717, 1.165) is 25.5 Å². The van der Waals surface area contributed by atoms with Gasteiger partial charge in [0.2, 0.25) is 0 Å². The van der Waals surface area contributed by atoms with Crippen molar-refractivity contribution in [2.45, 2.75) is 32.9 Å². The van der Waals surface area contributed by atoms with Gasteiger partial charge >= 0.3 is 0 Å². The molecule has 21 heavy (non-hydrogen) atoms. The highest BCUT2D eigenvalue weighted by Crippen LogP contribution is 2.12. The highest BCUT2D eigenvalue weighted by atomic mass is 16.5. The van der Waals surface area contributed by atoms with Crippen LogP contribution in [0.5, 0.6) is 0 Å². The van der Waals surface area contributed by atoms with Gasteiger partial charge in [-0.3, -0.25) is 0 Å². The fourth-order valence-electron chi connectivity index (χ4n) is 1.82. The summed E-state index contributed by atoms with van der Waals surface area (Å²) in [4.78, 5) is 6.73. The lowest BCUT2D eigenvalue weighted by Crippen LogP contribution is -2.35. The summed E-state index contributed by atoms with van der Waals surface area (Å²) in [6.07, 6.45) is 1.93. The summed E-state index contributed by atoms with van der Waals surface area (Å²) >= 11 is 0. The van der Waals surface area contributed by atoms with Crippen LogP contribution < -0.4 is 10.2 Å². The van der Waals surface area contributed by atoms with Gasteiger partial charge in [0, 0.05) is 45.6 Å². The standard InChI is InChI=1S/C16H29N3O2/c1-16(2,3)18-13-14-6-7-15(17-12-14)19(8-10-20-4)9-11-21-5/h6-7,12,18H,8-11,13H2,1-5H3. The average Bonchev–Trinajstić information content (AvgIpc) is 2.45. The first-order valence-corrected chi connectivity index (χ1v) is 7.39. The molecule has 0 radical (unpaired) electrons. The number of hydrogen-bond acceptors (Lipinski definition) is 5. The number of anilines is 1. The van der Waals surface area contributed by atoms with Crippen molar-refractivity contribution in [3.63, 3.8) is 0 Å². The lowest BCUT2D eigenvalue weighted by Gasteiger charge is -2.24. The fraction of sp³-hybridized carbons (Fsp3) is 0.688. The molecule has 0 unspecified atom stereocenters. The molecule has 0 saturated heterocycles. The lowest BCUT2D eigenvalue weighted by atomic mass is 10.1. The Hall–Kier alpha value is -1.17. The molecule has 0 spiro atoms. The van der Waals surface area contributed by atoms with Crippen molar-refractivity contribution in [3.05, 3.63) is 23.9 Å². The van der Waals surface area contributed by atoms with Crippen molar-refractivity contribution in [1.82, 2.24) is 10.3 Å². The number of nitrogens with zero attached hydrogens (tertiary/aromatic N) is 2. The number of nitrogens with one attached hydrogen (secondary N) is 1. The molecule has 1 aromatic heterocycles.